The number of anilines is 5. The van der Waals surface area contributed by atoms with Crippen molar-refractivity contribution in [2.75, 3.05) is 22.5 Å². The third kappa shape index (κ3) is 4.80. The van der Waals surface area contributed by atoms with Gasteiger partial charge in [-0.05, 0) is 37.6 Å². The van der Waals surface area contributed by atoms with Crippen LogP contribution in [0.5, 0.6) is 0 Å². The Kier molecular flexibility index (Phi) is 5.77. The van der Waals surface area contributed by atoms with Crippen LogP contribution >= 0.6 is 0 Å². The molecule has 0 atom stereocenters. The predicted molar refractivity (Wildman–Crippen MR) is 107 cm³/mol. The molecule has 0 saturated heterocycles. The molecule has 0 aliphatic heterocycles. The smallest absolute Gasteiger partial charge is 0.233 e. The number of benzene rings is 2. The Bertz CT molecular complexity index is 876. The molecule has 0 amide bonds. The predicted octanol–water partition coefficient (Wildman–Crippen LogP) is 4.66. The Morgan fingerprint density at radius 2 is 1.46 bits per heavy atom. The third-order valence-electron chi connectivity index (χ3n) is 3.67. The normalized spacial score (nSPS) is 10.7. The third-order valence-corrected chi connectivity index (χ3v) is 3.67. The fraction of sp³-hybridized carbons (Fsp3) is 0.150. The average Bonchev–Trinajstić information content (AvgIpc) is 2.65. The molecule has 0 bridgehead atoms. The molecular formula is C20H22N6. The number of rotatable bonds is 7. The van der Waals surface area contributed by atoms with E-state index >= 15 is 0 Å². The summed E-state index contributed by atoms with van der Waals surface area (Å²) < 4.78 is 0. The van der Waals surface area contributed by atoms with Gasteiger partial charge in [0.15, 0.2) is 0 Å². The second-order valence-corrected chi connectivity index (χ2v) is 5.69. The number of aryl methyl sites for hydroxylation is 1. The van der Waals surface area contributed by atoms with Crippen LogP contribution in [0.1, 0.15) is 12.5 Å². The number of allylic oxidation sites excluding steroid dienone is 1. The molecule has 3 N–H and O–H groups in total. The molecule has 0 saturated carbocycles. The van der Waals surface area contributed by atoms with E-state index in [2.05, 4.69) is 30.9 Å². The van der Waals surface area contributed by atoms with Gasteiger partial charge in [-0.3, -0.25) is 0 Å². The highest BCUT2D eigenvalue weighted by atomic mass is 15.3. The zero-order chi connectivity index (χ0) is 18.2. The van der Waals surface area contributed by atoms with Crippen LogP contribution in [0.15, 0.2) is 66.7 Å². The molecule has 0 fully saturated rings. The number of hydrogen-bond acceptors (Lipinski definition) is 6. The van der Waals surface area contributed by atoms with E-state index in [0.717, 1.165) is 16.9 Å². The first-order valence-electron chi connectivity index (χ1n) is 8.50. The van der Waals surface area contributed by atoms with Crippen LogP contribution in [-0.4, -0.2) is 21.5 Å². The van der Waals surface area contributed by atoms with Gasteiger partial charge in [0.25, 0.3) is 0 Å². The monoisotopic (exact) mass is 346 g/mol. The maximum atomic E-state index is 4.49. The standard InChI is InChI=1S/C20H22N6/c1-3-4-14-21-18-24-19(22-16-11-6-5-7-12-16)26-20(25-18)23-17-13-9-8-10-15(17)2/h3-13H,14H2,1-2H3,(H3,21,22,23,24,25,26). The Morgan fingerprint density at radius 1 is 0.808 bits per heavy atom. The number of nitrogens with zero attached hydrogens (tertiary/aromatic N) is 3. The number of para-hydroxylation sites is 2. The quantitative estimate of drug-likeness (QED) is 0.541. The molecule has 6 heteroatoms. The van der Waals surface area contributed by atoms with Gasteiger partial charge in [-0.2, -0.15) is 15.0 Å². The van der Waals surface area contributed by atoms with E-state index in [1.807, 2.05) is 80.6 Å². The minimum absolute atomic E-state index is 0.477. The summed E-state index contributed by atoms with van der Waals surface area (Å²) in [5.41, 5.74) is 3.00. The molecule has 0 aliphatic rings. The molecule has 1 aromatic heterocycles. The molecule has 0 radical (unpaired) electrons. The van der Waals surface area contributed by atoms with Crippen LogP contribution in [0.4, 0.5) is 29.2 Å². The van der Waals surface area contributed by atoms with Crippen molar-refractivity contribution < 1.29 is 0 Å². The first-order chi connectivity index (χ1) is 12.7. The van der Waals surface area contributed by atoms with Crippen LogP contribution in [0.25, 0.3) is 0 Å². The van der Waals surface area contributed by atoms with Crippen molar-refractivity contribution in [3.8, 4) is 0 Å². The highest BCUT2D eigenvalue weighted by molar-refractivity contribution is 5.61. The Balaban J connectivity index is 1.87. The van der Waals surface area contributed by atoms with Crippen molar-refractivity contribution in [3.63, 3.8) is 0 Å². The largest absolute Gasteiger partial charge is 0.351 e. The van der Waals surface area contributed by atoms with Crippen molar-refractivity contribution in [3.05, 3.63) is 72.3 Å². The van der Waals surface area contributed by atoms with Gasteiger partial charge in [0.2, 0.25) is 17.8 Å². The lowest BCUT2D eigenvalue weighted by Gasteiger charge is -2.12. The van der Waals surface area contributed by atoms with E-state index in [9.17, 15) is 0 Å². The first kappa shape index (κ1) is 17.4. The molecule has 2 aromatic carbocycles. The fourth-order valence-corrected chi connectivity index (χ4v) is 2.32. The molecule has 3 rings (SSSR count). The highest BCUT2D eigenvalue weighted by Gasteiger charge is 2.08. The van der Waals surface area contributed by atoms with Gasteiger partial charge in [0, 0.05) is 17.9 Å². The van der Waals surface area contributed by atoms with Gasteiger partial charge in [0.05, 0.1) is 0 Å². The van der Waals surface area contributed by atoms with E-state index in [4.69, 9.17) is 0 Å². The summed E-state index contributed by atoms with van der Waals surface area (Å²) >= 11 is 0. The summed E-state index contributed by atoms with van der Waals surface area (Å²) in [6.07, 6.45) is 3.98. The maximum Gasteiger partial charge on any atom is 0.233 e. The summed E-state index contributed by atoms with van der Waals surface area (Å²) in [7, 11) is 0. The minimum atomic E-state index is 0.477. The number of hydrogen-bond donors (Lipinski definition) is 3. The lowest BCUT2D eigenvalue weighted by molar-refractivity contribution is 1.04. The van der Waals surface area contributed by atoms with E-state index in [0.29, 0.717) is 24.4 Å². The van der Waals surface area contributed by atoms with Crippen molar-refractivity contribution in [2.45, 2.75) is 13.8 Å². The van der Waals surface area contributed by atoms with Gasteiger partial charge < -0.3 is 16.0 Å². The minimum Gasteiger partial charge on any atom is -0.351 e. The summed E-state index contributed by atoms with van der Waals surface area (Å²) in [4.78, 5) is 13.4. The maximum absolute atomic E-state index is 4.49. The van der Waals surface area contributed by atoms with Gasteiger partial charge in [-0.1, -0.05) is 48.6 Å². The van der Waals surface area contributed by atoms with Crippen molar-refractivity contribution in [2.24, 2.45) is 0 Å². The van der Waals surface area contributed by atoms with E-state index in [-0.39, 0.29) is 0 Å². The van der Waals surface area contributed by atoms with Crippen LogP contribution in [0.2, 0.25) is 0 Å². The molecule has 132 valence electrons. The highest BCUT2D eigenvalue weighted by Crippen LogP contribution is 2.20. The van der Waals surface area contributed by atoms with E-state index < -0.39 is 0 Å². The molecule has 26 heavy (non-hydrogen) atoms. The van der Waals surface area contributed by atoms with E-state index in [1.54, 1.807) is 0 Å². The van der Waals surface area contributed by atoms with Crippen LogP contribution in [0.3, 0.4) is 0 Å². The average molecular weight is 346 g/mol. The van der Waals surface area contributed by atoms with Crippen LogP contribution < -0.4 is 16.0 Å². The second kappa shape index (κ2) is 8.62. The van der Waals surface area contributed by atoms with Gasteiger partial charge >= 0.3 is 0 Å². The molecular weight excluding hydrogens is 324 g/mol. The van der Waals surface area contributed by atoms with E-state index in [1.165, 1.54) is 0 Å². The molecule has 0 aliphatic carbocycles. The molecule has 0 unspecified atom stereocenters. The first-order valence-corrected chi connectivity index (χ1v) is 8.50. The summed E-state index contributed by atoms with van der Waals surface area (Å²) in [5, 5.41) is 9.67. The van der Waals surface area contributed by atoms with Crippen LogP contribution in [-0.2, 0) is 0 Å². The topological polar surface area (TPSA) is 74.8 Å². The number of nitrogens with one attached hydrogen (secondary N) is 3. The second-order valence-electron chi connectivity index (χ2n) is 5.69. The molecule has 6 nitrogen and oxygen atoms in total. The Morgan fingerprint density at radius 3 is 2.19 bits per heavy atom. The van der Waals surface area contributed by atoms with Gasteiger partial charge in [-0.15, -0.1) is 0 Å². The molecule has 3 aromatic rings. The Labute approximate surface area is 153 Å². The van der Waals surface area contributed by atoms with Gasteiger partial charge in [-0.25, -0.2) is 0 Å². The SMILES string of the molecule is CC=CCNc1nc(Nc2ccccc2)nc(Nc2ccccc2C)n1. The lowest BCUT2D eigenvalue weighted by atomic mass is 10.2. The summed E-state index contributed by atoms with van der Waals surface area (Å²) in [6.45, 7) is 4.66. The van der Waals surface area contributed by atoms with Crippen molar-refractivity contribution in [1.29, 1.82) is 0 Å². The van der Waals surface area contributed by atoms with Crippen LogP contribution in [0, 0.1) is 6.92 Å². The van der Waals surface area contributed by atoms with Crippen molar-refractivity contribution >= 4 is 29.2 Å². The zero-order valence-corrected chi connectivity index (χ0v) is 14.9. The zero-order valence-electron chi connectivity index (χ0n) is 14.9. The van der Waals surface area contributed by atoms with Crippen molar-refractivity contribution in [1.82, 2.24) is 15.0 Å². The van der Waals surface area contributed by atoms with Gasteiger partial charge in [0.1, 0.15) is 0 Å². The fourth-order valence-electron chi connectivity index (χ4n) is 2.32. The summed E-state index contributed by atoms with van der Waals surface area (Å²) in [6, 6.07) is 17.8. The lowest BCUT2D eigenvalue weighted by Crippen LogP contribution is -2.09. The number of aromatic nitrogens is 3. The molecule has 1 heterocycles. The molecule has 0 spiro atoms. The Hall–Kier alpha value is -3.41. The summed E-state index contributed by atoms with van der Waals surface area (Å²) in [5.74, 6) is 1.47.